The van der Waals surface area contributed by atoms with Gasteiger partial charge in [-0.05, 0) is 86.1 Å². The first-order valence-corrected chi connectivity index (χ1v) is 9.37. The van der Waals surface area contributed by atoms with Gasteiger partial charge in [0.15, 0.2) is 5.78 Å². The minimum atomic E-state index is 0.178. The first-order chi connectivity index (χ1) is 11.5. The number of aliphatic imine (C=N–C) groups is 1. The van der Waals surface area contributed by atoms with Crippen molar-refractivity contribution in [1.82, 2.24) is 0 Å². The van der Waals surface area contributed by atoms with Crippen LogP contribution in [0.1, 0.15) is 68.4 Å². The minimum Gasteiger partial charge on any atom is -0.292 e. The molecule has 1 aromatic rings. The highest BCUT2D eigenvalue weighted by Crippen LogP contribution is 2.35. The second kappa shape index (κ2) is 7.04. The maximum atomic E-state index is 12.7. The number of carbonyl (C=O) groups excluding carboxylic acids is 1. The summed E-state index contributed by atoms with van der Waals surface area (Å²) >= 11 is 0. The van der Waals surface area contributed by atoms with E-state index in [1.54, 1.807) is 0 Å². The van der Waals surface area contributed by atoms with Gasteiger partial charge in [0.2, 0.25) is 0 Å². The number of ketones is 1. The predicted molar refractivity (Wildman–Crippen MR) is 101 cm³/mol. The first kappa shape index (κ1) is 17.1. The molecule has 2 nitrogen and oxygen atoms in total. The van der Waals surface area contributed by atoms with Gasteiger partial charge in [-0.25, -0.2) is 0 Å². The molecule has 0 fully saturated rings. The van der Waals surface area contributed by atoms with Crippen LogP contribution in [-0.2, 0) is 36.9 Å². The van der Waals surface area contributed by atoms with Crippen molar-refractivity contribution in [2.24, 2.45) is 10.9 Å². The van der Waals surface area contributed by atoms with Crippen LogP contribution < -0.4 is 0 Å². The van der Waals surface area contributed by atoms with Gasteiger partial charge < -0.3 is 0 Å². The SMILES string of the molecule is C/C(=C\N=C(/C)C(=O)Cc1c2c(cc3c1CCC3)CCC2)C(C)C. The summed E-state index contributed by atoms with van der Waals surface area (Å²) in [4.78, 5) is 17.2. The Labute approximate surface area is 146 Å². The van der Waals surface area contributed by atoms with Crippen molar-refractivity contribution >= 4 is 11.5 Å². The molecule has 0 bridgehead atoms. The first-order valence-electron chi connectivity index (χ1n) is 9.37. The second-order valence-corrected chi connectivity index (χ2v) is 7.68. The second-order valence-electron chi connectivity index (χ2n) is 7.68. The Hall–Kier alpha value is -1.70. The summed E-state index contributed by atoms with van der Waals surface area (Å²) < 4.78 is 0. The molecule has 2 aliphatic carbocycles. The summed E-state index contributed by atoms with van der Waals surface area (Å²) in [5.74, 6) is 0.648. The fraction of sp³-hybridized carbons (Fsp3) is 0.545. The van der Waals surface area contributed by atoms with Crippen molar-refractivity contribution in [2.75, 3.05) is 0 Å². The molecule has 0 atom stereocenters. The van der Waals surface area contributed by atoms with Crippen LogP contribution in [0, 0.1) is 5.92 Å². The third-order valence-electron chi connectivity index (χ3n) is 5.71. The van der Waals surface area contributed by atoms with E-state index in [2.05, 4.69) is 31.8 Å². The van der Waals surface area contributed by atoms with Crippen molar-refractivity contribution in [1.29, 1.82) is 0 Å². The van der Waals surface area contributed by atoms with E-state index in [4.69, 9.17) is 0 Å². The van der Waals surface area contributed by atoms with Gasteiger partial charge in [-0.3, -0.25) is 9.79 Å². The molecular formula is C22H29NO. The van der Waals surface area contributed by atoms with E-state index in [0.717, 1.165) is 12.8 Å². The molecule has 128 valence electrons. The topological polar surface area (TPSA) is 29.4 Å². The third kappa shape index (κ3) is 3.38. The number of aryl methyl sites for hydroxylation is 2. The normalized spacial score (nSPS) is 17.4. The van der Waals surface area contributed by atoms with Crippen molar-refractivity contribution in [3.8, 4) is 0 Å². The van der Waals surface area contributed by atoms with Gasteiger partial charge in [0.05, 0.1) is 5.71 Å². The summed E-state index contributed by atoms with van der Waals surface area (Å²) in [7, 11) is 0. The largest absolute Gasteiger partial charge is 0.292 e. The monoisotopic (exact) mass is 323 g/mol. The van der Waals surface area contributed by atoms with Crippen LogP contribution in [0.15, 0.2) is 22.8 Å². The fourth-order valence-electron chi connectivity index (χ4n) is 3.86. The maximum absolute atomic E-state index is 12.7. The van der Waals surface area contributed by atoms with Crippen LogP contribution in [0.2, 0.25) is 0 Å². The molecule has 3 rings (SSSR count). The van der Waals surface area contributed by atoms with E-state index < -0.39 is 0 Å². The lowest BCUT2D eigenvalue weighted by molar-refractivity contribution is -0.112. The number of nitrogens with zero attached hydrogens (tertiary/aromatic N) is 1. The molecule has 0 unspecified atom stereocenters. The number of hydrogen-bond donors (Lipinski definition) is 0. The molecule has 0 amide bonds. The molecule has 0 aliphatic heterocycles. The molecule has 0 heterocycles. The number of carbonyl (C=O) groups is 1. The van der Waals surface area contributed by atoms with Crippen LogP contribution in [0.3, 0.4) is 0 Å². The van der Waals surface area contributed by atoms with Gasteiger partial charge >= 0.3 is 0 Å². The van der Waals surface area contributed by atoms with Crippen LogP contribution in [0.4, 0.5) is 0 Å². The Morgan fingerprint density at radius 3 is 2.21 bits per heavy atom. The Morgan fingerprint density at radius 2 is 1.67 bits per heavy atom. The molecule has 0 N–H and O–H groups in total. The molecule has 0 saturated heterocycles. The molecule has 0 saturated carbocycles. The number of hydrogen-bond acceptors (Lipinski definition) is 2. The van der Waals surface area contributed by atoms with E-state index >= 15 is 0 Å². The Morgan fingerprint density at radius 1 is 1.08 bits per heavy atom. The maximum Gasteiger partial charge on any atom is 0.181 e. The van der Waals surface area contributed by atoms with Crippen molar-refractivity contribution in [2.45, 2.75) is 72.6 Å². The number of fused-ring (bicyclic) bond motifs is 2. The molecule has 0 aromatic heterocycles. The van der Waals surface area contributed by atoms with Crippen LogP contribution in [0.5, 0.6) is 0 Å². The molecule has 1 aromatic carbocycles. The van der Waals surface area contributed by atoms with Gasteiger partial charge in [-0.1, -0.05) is 25.5 Å². The van der Waals surface area contributed by atoms with Crippen LogP contribution in [-0.4, -0.2) is 11.5 Å². The highest BCUT2D eigenvalue weighted by molar-refractivity contribution is 6.39. The molecule has 2 heteroatoms. The predicted octanol–water partition coefficient (Wildman–Crippen LogP) is 4.80. The molecule has 0 radical (unpaired) electrons. The average Bonchev–Trinajstić information content (AvgIpc) is 3.20. The summed E-state index contributed by atoms with van der Waals surface area (Å²) in [6.45, 7) is 8.23. The number of Topliss-reactive ketones (excluding diaryl/α,β-unsaturated/α-hetero) is 1. The third-order valence-corrected chi connectivity index (χ3v) is 5.71. The quantitative estimate of drug-likeness (QED) is 0.716. The summed E-state index contributed by atoms with van der Waals surface area (Å²) in [5, 5.41) is 0. The van der Waals surface area contributed by atoms with Crippen molar-refractivity contribution in [3.05, 3.63) is 45.7 Å². The van der Waals surface area contributed by atoms with Gasteiger partial charge in [-0.15, -0.1) is 0 Å². The summed E-state index contributed by atoms with van der Waals surface area (Å²) in [5.41, 5.74) is 9.16. The fourth-order valence-corrected chi connectivity index (χ4v) is 3.86. The van der Waals surface area contributed by atoms with Gasteiger partial charge in [0, 0.05) is 12.6 Å². The highest BCUT2D eigenvalue weighted by atomic mass is 16.1. The zero-order valence-electron chi connectivity index (χ0n) is 15.5. The van der Waals surface area contributed by atoms with Crippen LogP contribution in [0.25, 0.3) is 0 Å². The van der Waals surface area contributed by atoms with Gasteiger partial charge in [0.1, 0.15) is 0 Å². The lowest BCUT2D eigenvalue weighted by Crippen LogP contribution is -2.16. The summed E-state index contributed by atoms with van der Waals surface area (Å²) in [6, 6.07) is 2.42. The van der Waals surface area contributed by atoms with Gasteiger partial charge in [0.25, 0.3) is 0 Å². The van der Waals surface area contributed by atoms with E-state index in [1.807, 2.05) is 13.1 Å². The summed E-state index contributed by atoms with van der Waals surface area (Å²) in [6.07, 6.45) is 9.54. The Bertz CT molecular complexity index is 690. The molecule has 0 spiro atoms. The number of allylic oxidation sites excluding steroid dienone is 1. The lowest BCUT2D eigenvalue weighted by atomic mass is 9.90. The smallest absolute Gasteiger partial charge is 0.181 e. The standard InChI is InChI=1S/C22H29NO/c1-14(2)15(3)13-23-16(4)22(24)12-21-19-9-5-7-17(19)11-18-8-6-10-20(18)21/h11,13-14H,5-10,12H2,1-4H3/b15-13+,23-16+. The average molecular weight is 323 g/mol. The molecule has 2 aliphatic rings. The van der Waals surface area contributed by atoms with E-state index in [1.165, 1.54) is 59.1 Å². The zero-order chi connectivity index (χ0) is 17.3. The lowest BCUT2D eigenvalue weighted by Gasteiger charge is -2.14. The van der Waals surface area contributed by atoms with Gasteiger partial charge in [-0.2, -0.15) is 0 Å². The Balaban J connectivity index is 1.85. The highest BCUT2D eigenvalue weighted by Gasteiger charge is 2.25. The van der Waals surface area contributed by atoms with E-state index in [-0.39, 0.29) is 5.78 Å². The number of benzene rings is 1. The Kier molecular flexibility index (Phi) is 5.03. The zero-order valence-corrected chi connectivity index (χ0v) is 15.5. The van der Waals surface area contributed by atoms with Crippen LogP contribution >= 0.6 is 0 Å². The molecule has 24 heavy (non-hydrogen) atoms. The van der Waals surface area contributed by atoms with E-state index in [0.29, 0.717) is 18.1 Å². The number of rotatable bonds is 5. The minimum absolute atomic E-state index is 0.178. The van der Waals surface area contributed by atoms with Crippen molar-refractivity contribution in [3.63, 3.8) is 0 Å². The van der Waals surface area contributed by atoms with Crippen molar-refractivity contribution < 1.29 is 4.79 Å². The molecular weight excluding hydrogens is 294 g/mol. The van der Waals surface area contributed by atoms with E-state index in [9.17, 15) is 4.79 Å².